The second-order valence-corrected chi connectivity index (χ2v) is 5.94. The van der Waals surface area contributed by atoms with Crippen molar-refractivity contribution in [1.29, 1.82) is 0 Å². The molecule has 1 atom stereocenters. The number of hydrogen-bond acceptors (Lipinski definition) is 4. The standard InChI is InChI=1S/C17H15Cl2FN2O4/c1-9(26-12-5-3-11(20)4-6-12)16(23)21-22-17(24)10-7-13(18)15(25-2)14(19)8-10/h3-9H,1-2H3,(H,21,23)(H,22,24)/t9-/m0/s1. The Morgan fingerprint density at radius 3 is 2.19 bits per heavy atom. The van der Waals surface area contributed by atoms with Crippen LogP contribution in [-0.2, 0) is 4.79 Å². The molecule has 2 amide bonds. The first-order valence-corrected chi connectivity index (χ1v) is 8.13. The normalized spacial score (nSPS) is 11.4. The van der Waals surface area contributed by atoms with Crippen LogP contribution in [0, 0.1) is 5.82 Å². The molecule has 0 aromatic heterocycles. The highest BCUT2D eigenvalue weighted by Crippen LogP contribution is 2.33. The second kappa shape index (κ2) is 8.73. The van der Waals surface area contributed by atoms with E-state index in [-0.39, 0.29) is 21.4 Å². The van der Waals surface area contributed by atoms with Gasteiger partial charge in [0.05, 0.1) is 17.2 Å². The van der Waals surface area contributed by atoms with E-state index in [0.29, 0.717) is 5.75 Å². The Morgan fingerprint density at radius 2 is 1.65 bits per heavy atom. The van der Waals surface area contributed by atoms with Gasteiger partial charge >= 0.3 is 0 Å². The third-order valence-corrected chi connectivity index (χ3v) is 3.82. The van der Waals surface area contributed by atoms with E-state index in [9.17, 15) is 14.0 Å². The quantitative estimate of drug-likeness (QED) is 0.754. The van der Waals surface area contributed by atoms with Crippen molar-refractivity contribution in [2.45, 2.75) is 13.0 Å². The Hall–Kier alpha value is -2.51. The summed E-state index contributed by atoms with van der Waals surface area (Å²) in [5.74, 6) is -1.09. The molecule has 0 fully saturated rings. The maximum absolute atomic E-state index is 12.8. The fourth-order valence-electron chi connectivity index (χ4n) is 1.95. The predicted molar refractivity (Wildman–Crippen MR) is 95.1 cm³/mol. The number of amides is 2. The first-order valence-electron chi connectivity index (χ1n) is 7.37. The van der Waals surface area contributed by atoms with E-state index >= 15 is 0 Å². The van der Waals surface area contributed by atoms with Crippen LogP contribution in [0.3, 0.4) is 0 Å². The SMILES string of the molecule is COc1c(Cl)cc(C(=O)NNC(=O)[C@H](C)Oc2ccc(F)cc2)cc1Cl. The van der Waals surface area contributed by atoms with Crippen LogP contribution in [0.4, 0.5) is 4.39 Å². The lowest BCUT2D eigenvalue weighted by atomic mass is 10.2. The summed E-state index contributed by atoms with van der Waals surface area (Å²) in [4.78, 5) is 24.1. The maximum atomic E-state index is 12.8. The van der Waals surface area contributed by atoms with Crippen LogP contribution in [0.1, 0.15) is 17.3 Å². The maximum Gasteiger partial charge on any atom is 0.279 e. The molecule has 0 saturated heterocycles. The Bertz CT molecular complexity index is 792. The third-order valence-electron chi connectivity index (χ3n) is 3.26. The lowest BCUT2D eigenvalue weighted by molar-refractivity contribution is -0.128. The van der Waals surface area contributed by atoms with Crippen LogP contribution in [0.15, 0.2) is 36.4 Å². The molecule has 2 rings (SSSR count). The fourth-order valence-corrected chi connectivity index (χ4v) is 2.59. The van der Waals surface area contributed by atoms with Gasteiger partial charge < -0.3 is 9.47 Å². The number of halogens is 3. The average Bonchev–Trinajstić information content (AvgIpc) is 2.60. The Kier molecular flexibility index (Phi) is 6.65. The number of nitrogens with one attached hydrogen (secondary N) is 2. The van der Waals surface area contributed by atoms with E-state index in [4.69, 9.17) is 32.7 Å². The van der Waals surface area contributed by atoms with Crippen molar-refractivity contribution < 1.29 is 23.5 Å². The minimum atomic E-state index is -0.927. The van der Waals surface area contributed by atoms with Crippen molar-refractivity contribution in [3.63, 3.8) is 0 Å². The van der Waals surface area contributed by atoms with Gasteiger partial charge in [0.1, 0.15) is 11.6 Å². The number of hydrazine groups is 1. The molecular formula is C17H15Cl2FN2O4. The fraction of sp³-hybridized carbons (Fsp3) is 0.176. The van der Waals surface area contributed by atoms with Crippen molar-refractivity contribution in [2.75, 3.05) is 7.11 Å². The molecule has 0 aliphatic rings. The van der Waals surface area contributed by atoms with Gasteiger partial charge in [0.2, 0.25) is 0 Å². The van der Waals surface area contributed by atoms with E-state index in [1.54, 1.807) is 0 Å². The van der Waals surface area contributed by atoms with Crippen molar-refractivity contribution in [3.05, 3.63) is 57.8 Å². The zero-order chi connectivity index (χ0) is 19.3. The molecule has 6 nitrogen and oxygen atoms in total. The first kappa shape index (κ1) is 19.8. The Labute approximate surface area is 159 Å². The molecule has 0 saturated carbocycles. The van der Waals surface area contributed by atoms with Crippen LogP contribution in [0.2, 0.25) is 10.0 Å². The minimum absolute atomic E-state index is 0.133. The molecule has 2 aromatic rings. The van der Waals surface area contributed by atoms with Crippen molar-refractivity contribution in [3.8, 4) is 11.5 Å². The van der Waals surface area contributed by atoms with Gasteiger partial charge in [-0.25, -0.2) is 4.39 Å². The van der Waals surface area contributed by atoms with Gasteiger partial charge in [0.25, 0.3) is 11.8 Å². The molecule has 0 aliphatic heterocycles. The third kappa shape index (κ3) is 5.00. The van der Waals surface area contributed by atoms with Crippen LogP contribution in [0.5, 0.6) is 11.5 Å². The number of carbonyl (C=O) groups excluding carboxylic acids is 2. The van der Waals surface area contributed by atoms with Gasteiger partial charge in [0, 0.05) is 5.56 Å². The monoisotopic (exact) mass is 400 g/mol. The van der Waals surface area contributed by atoms with E-state index < -0.39 is 23.7 Å². The highest BCUT2D eigenvalue weighted by molar-refractivity contribution is 6.37. The van der Waals surface area contributed by atoms with Crippen LogP contribution in [0.25, 0.3) is 0 Å². The summed E-state index contributed by atoms with van der Waals surface area (Å²) in [7, 11) is 1.40. The number of carbonyl (C=O) groups is 2. The van der Waals surface area contributed by atoms with E-state index in [1.807, 2.05) is 0 Å². The Morgan fingerprint density at radius 1 is 1.08 bits per heavy atom. The van der Waals surface area contributed by atoms with E-state index in [1.165, 1.54) is 50.4 Å². The number of ether oxygens (including phenoxy) is 2. The largest absolute Gasteiger partial charge is 0.494 e. The zero-order valence-electron chi connectivity index (χ0n) is 13.8. The van der Waals surface area contributed by atoms with Gasteiger partial charge in [-0.15, -0.1) is 0 Å². The minimum Gasteiger partial charge on any atom is -0.494 e. The van der Waals surface area contributed by atoms with Gasteiger partial charge in [-0.3, -0.25) is 20.4 Å². The lowest BCUT2D eigenvalue weighted by Crippen LogP contribution is -2.47. The molecule has 0 heterocycles. The van der Waals surface area contributed by atoms with E-state index in [0.717, 1.165) is 0 Å². The summed E-state index contributed by atoms with van der Waals surface area (Å²) in [6.07, 6.45) is -0.927. The molecular weight excluding hydrogens is 386 g/mol. The first-order chi connectivity index (χ1) is 12.3. The molecule has 0 radical (unpaired) electrons. The van der Waals surface area contributed by atoms with Crippen LogP contribution in [-0.4, -0.2) is 25.0 Å². The van der Waals surface area contributed by atoms with Crippen molar-refractivity contribution >= 4 is 35.0 Å². The summed E-state index contributed by atoms with van der Waals surface area (Å²) >= 11 is 11.9. The molecule has 0 aliphatic carbocycles. The molecule has 26 heavy (non-hydrogen) atoms. The summed E-state index contributed by atoms with van der Waals surface area (Å²) in [5.41, 5.74) is 4.59. The summed E-state index contributed by atoms with van der Waals surface area (Å²) < 4.78 is 23.2. The Balaban J connectivity index is 1.94. The average molecular weight is 401 g/mol. The van der Waals surface area contributed by atoms with Crippen molar-refractivity contribution in [2.24, 2.45) is 0 Å². The summed E-state index contributed by atoms with van der Waals surface area (Å²) in [6, 6.07) is 7.90. The van der Waals surface area contributed by atoms with Gasteiger partial charge in [-0.05, 0) is 43.3 Å². The van der Waals surface area contributed by atoms with Crippen molar-refractivity contribution in [1.82, 2.24) is 10.9 Å². The number of benzene rings is 2. The molecule has 0 unspecified atom stereocenters. The number of rotatable bonds is 5. The topological polar surface area (TPSA) is 76.7 Å². The molecule has 2 N–H and O–H groups in total. The highest BCUT2D eigenvalue weighted by Gasteiger charge is 2.17. The smallest absolute Gasteiger partial charge is 0.279 e. The molecule has 0 bridgehead atoms. The van der Waals surface area contributed by atoms with Crippen LogP contribution < -0.4 is 20.3 Å². The summed E-state index contributed by atoms with van der Waals surface area (Å²) in [5, 5.41) is 0.314. The van der Waals surface area contributed by atoms with Gasteiger partial charge in [-0.2, -0.15) is 0 Å². The van der Waals surface area contributed by atoms with Gasteiger partial charge in [-0.1, -0.05) is 23.2 Å². The lowest BCUT2D eigenvalue weighted by Gasteiger charge is -2.15. The zero-order valence-corrected chi connectivity index (χ0v) is 15.3. The van der Waals surface area contributed by atoms with E-state index in [2.05, 4.69) is 10.9 Å². The molecule has 138 valence electrons. The molecule has 0 spiro atoms. The second-order valence-electron chi connectivity index (χ2n) is 5.13. The molecule has 9 heteroatoms. The highest BCUT2D eigenvalue weighted by atomic mass is 35.5. The van der Waals surface area contributed by atoms with Crippen LogP contribution >= 0.6 is 23.2 Å². The summed E-state index contributed by atoms with van der Waals surface area (Å²) in [6.45, 7) is 1.48. The number of hydrogen-bond donors (Lipinski definition) is 2. The van der Waals surface area contributed by atoms with Gasteiger partial charge in [0.15, 0.2) is 11.9 Å². The molecule has 2 aromatic carbocycles. The predicted octanol–water partition coefficient (Wildman–Crippen LogP) is 3.37. The number of methoxy groups -OCH3 is 1.